The van der Waals surface area contributed by atoms with E-state index in [1.807, 2.05) is 42.5 Å². The zero-order chi connectivity index (χ0) is 28.4. The summed E-state index contributed by atoms with van der Waals surface area (Å²) in [5, 5.41) is 8.08. The lowest BCUT2D eigenvalue weighted by Crippen LogP contribution is -2.30. The largest absolute Gasteiger partial charge is 0.493 e. The average Bonchev–Trinajstić information content (AvgIpc) is 3.41. The fourth-order valence-electron chi connectivity index (χ4n) is 4.99. The van der Waals surface area contributed by atoms with Crippen molar-refractivity contribution in [3.8, 4) is 17.2 Å². The molecule has 1 saturated carbocycles. The molecule has 1 amide bonds. The molecule has 1 aliphatic rings. The van der Waals surface area contributed by atoms with Gasteiger partial charge in [0.2, 0.25) is 5.91 Å². The Balaban J connectivity index is 1.44. The summed E-state index contributed by atoms with van der Waals surface area (Å²) < 4.78 is 45.1. The number of nitrogens with one attached hydrogen (secondary N) is 1. The molecule has 1 fully saturated rings. The van der Waals surface area contributed by atoms with Gasteiger partial charge in [0.05, 0.1) is 23.5 Å². The van der Waals surface area contributed by atoms with Crippen molar-refractivity contribution in [3.63, 3.8) is 0 Å². The number of unbranched alkanes of at least 4 members (excludes halogenated alkanes) is 1. The van der Waals surface area contributed by atoms with E-state index in [0.29, 0.717) is 30.1 Å². The third kappa shape index (κ3) is 7.95. The van der Waals surface area contributed by atoms with Gasteiger partial charge in [-0.05, 0) is 61.9 Å². The second-order valence-electron chi connectivity index (χ2n) is 9.93. The van der Waals surface area contributed by atoms with Crippen molar-refractivity contribution in [2.75, 3.05) is 7.11 Å². The van der Waals surface area contributed by atoms with E-state index in [0.717, 1.165) is 25.7 Å². The van der Waals surface area contributed by atoms with Gasteiger partial charge in [-0.3, -0.25) is 15.0 Å². The molecule has 40 heavy (non-hydrogen) atoms. The molecule has 3 unspecified atom stereocenters. The number of hydrogen-bond donors (Lipinski definition) is 2. The summed E-state index contributed by atoms with van der Waals surface area (Å²) in [4.78, 5) is 16.1. The van der Waals surface area contributed by atoms with Crippen molar-refractivity contribution in [3.05, 3.63) is 78.6 Å². The summed E-state index contributed by atoms with van der Waals surface area (Å²) >= 11 is 0. The number of pyridine rings is 1. The molecule has 0 radical (unpaired) electrons. The smallest absolute Gasteiger partial charge is 0.244 e. The number of nitrogens with zero attached hydrogens (tertiary/aromatic N) is 1. The number of aromatic nitrogens is 1. The van der Waals surface area contributed by atoms with Crippen molar-refractivity contribution in [2.45, 2.75) is 73.7 Å². The van der Waals surface area contributed by atoms with E-state index >= 15 is 0 Å². The molecule has 3 atom stereocenters. The summed E-state index contributed by atoms with van der Waals surface area (Å²) in [7, 11) is -2.42. The molecule has 0 aliphatic heterocycles. The maximum absolute atomic E-state index is 13.7. The number of aryl methyl sites for hydroxylation is 1. The van der Waals surface area contributed by atoms with Gasteiger partial charge in [0.1, 0.15) is 18.0 Å². The molecule has 9 nitrogen and oxygen atoms in total. The molecule has 4 rings (SSSR count). The fourth-order valence-corrected chi connectivity index (χ4v) is 6.75. The van der Waals surface area contributed by atoms with Crippen molar-refractivity contribution < 1.29 is 32.6 Å². The van der Waals surface area contributed by atoms with E-state index in [1.165, 1.54) is 24.8 Å². The summed E-state index contributed by atoms with van der Waals surface area (Å²) in [6.07, 6.45) is 7.44. The van der Waals surface area contributed by atoms with Crippen molar-refractivity contribution >= 4 is 15.7 Å². The molecule has 1 aromatic heterocycles. The van der Waals surface area contributed by atoms with Crippen LogP contribution in [-0.4, -0.2) is 49.1 Å². The van der Waals surface area contributed by atoms with Crippen LogP contribution in [0.2, 0.25) is 0 Å². The summed E-state index contributed by atoms with van der Waals surface area (Å²) in [6.45, 7) is 0. The molecule has 3 aromatic rings. The quantitative estimate of drug-likeness (QED) is 0.160. The molecule has 1 heterocycles. The average molecular weight is 569 g/mol. The number of carbonyl (C=O) groups excluding carboxylic acids is 1. The Hall–Kier alpha value is -3.63. The predicted octanol–water partition coefficient (Wildman–Crippen LogP) is 4.92. The third-order valence-electron chi connectivity index (χ3n) is 7.09. The first-order chi connectivity index (χ1) is 19.4. The number of ether oxygens (including phenoxy) is 3. The number of sulfone groups is 1. The van der Waals surface area contributed by atoms with Gasteiger partial charge in [-0.15, -0.1) is 0 Å². The molecule has 10 heteroatoms. The maximum Gasteiger partial charge on any atom is 0.244 e. The lowest BCUT2D eigenvalue weighted by molar-refractivity contribution is -0.129. The Bertz CT molecular complexity index is 1340. The van der Waals surface area contributed by atoms with E-state index in [4.69, 9.17) is 19.4 Å². The number of benzene rings is 2. The Morgan fingerprint density at radius 3 is 2.50 bits per heavy atom. The van der Waals surface area contributed by atoms with Crippen LogP contribution in [0.4, 0.5) is 0 Å². The SMILES string of the molecule is COc1ccc(S(=O)(=O)C(CCCCc2ccccc2)CC(=O)NO)cc1OC1CCC(Oc2cccnc2)C1. The molecule has 214 valence electrons. The lowest BCUT2D eigenvalue weighted by atomic mass is 10.1. The van der Waals surface area contributed by atoms with E-state index in [-0.39, 0.29) is 29.9 Å². The molecular weight excluding hydrogens is 532 g/mol. The minimum Gasteiger partial charge on any atom is -0.493 e. The van der Waals surface area contributed by atoms with E-state index in [2.05, 4.69) is 4.98 Å². The number of methoxy groups -OCH3 is 1. The van der Waals surface area contributed by atoms with E-state index in [1.54, 1.807) is 23.9 Å². The van der Waals surface area contributed by atoms with Gasteiger partial charge in [-0.2, -0.15) is 0 Å². The first kappa shape index (κ1) is 29.4. The highest BCUT2D eigenvalue weighted by molar-refractivity contribution is 7.92. The monoisotopic (exact) mass is 568 g/mol. The first-order valence-electron chi connectivity index (χ1n) is 13.5. The number of rotatable bonds is 14. The summed E-state index contributed by atoms with van der Waals surface area (Å²) in [5.74, 6) is 0.695. The van der Waals surface area contributed by atoms with Crippen LogP contribution in [0.3, 0.4) is 0 Å². The molecule has 0 saturated heterocycles. The minimum atomic E-state index is -3.92. The summed E-state index contributed by atoms with van der Waals surface area (Å²) in [5.41, 5.74) is 2.74. The van der Waals surface area contributed by atoms with Gasteiger partial charge < -0.3 is 14.2 Å². The van der Waals surface area contributed by atoms with E-state index < -0.39 is 21.0 Å². The zero-order valence-electron chi connectivity index (χ0n) is 22.6. The standard InChI is InChI=1S/C30H36N2O7S/c1-37-28-16-15-27(19-29(28)39-24-14-13-23(18-24)38-25-11-7-17-31-21-25)40(35,36)26(20-30(33)32-34)12-6-5-10-22-8-3-2-4-9-22/h2-4,7-9,11,15-17,19,21,23-24,26,34H,5-6,10,12-14,18,20H2,1H3,(H,32,33). The van der Waals surface area contributed by atoms with Crippen LogP contribution in [0.1, 0.15) is 50.5 Å². The lowest BCUT2D eigenvalue weighted by Gasteiger charge is -2.20. The number of carbonyl (C=O) groups is 1. The number of hydrogen-bond acceptors (Lipinski definition) is 8. The van der Waals surface area contributed by atoms with Gasteiger partial charge >= 0.3 is 0 Å². The van der Waals surface area contributed by atoms with Crippen LogP contribution in [0, 0.1) is 0 Å². The fraction of sp³-hybridized carbons (Fsp3) is 0.400. The Labute approximate surface area is 235 Å². The van der Waals surface area contributed by atoms with Crippen molar-refractivity contribution in [1.82, 2.24) is 10.5 Å². The molecule has 0 spiro atoms. The topological polar surface area (TPSA) is 124 Å². The second kappa shape index (κ2) is 14.1. The highest BCUT2D eigenvalue weighted by Crippen LogP contribution is 2.36. The predicted molar refractivity (Wildman–Crippen MR) is 149 cm³/mol. The summed E-state index contributed by atoms with van der Waals surface area (Å²) in [6, 6.07) is 18.1. The minimum absolute atomic E-state index is 0.0376. The van der Waals surface area contributed by atoms with Gasteiger partial charge in [0.25, 0.3) is 0 Å². The molecule has 1 aliphatic carbocycles. The molecule has 2 aromatic carbocycles. The molecular formula is C30H36N2O7S. The third-order valence-corrected chi connectivity index (χ3v) is 9.28. The highest BCUT2D eigenvalue weighted by atomic mass is 32.2. The molecule has 2 N–H and O–H groups in total. The Kier molecular flexibility index (Phi) is 10.4. The molecule has 0 bridgehead atoms. The van der Waals surface area contributed by atoms with E-state index in [9.17, 15) is 13.2 Å². The van der Waals surface area contributed by atoms with Gasteiger partial charge in [0, 0.05) is 25.1 Å². The Morgan fingerprint density at radius 1 is 1.02 bits per heavy atom. The zero-order valence-corrected chi connectivity index (χ0v) is 23.4. The van der Waals surface area contributed by atoms with Crippen LogP contribution in [0.15, 0.2) is 78.0 Å². The number of hydroxylamine groups is 1. The van der Waals surface area contributed by atoms with Gasteiger partial charge in [-0.1, -0.05) is 36.8 Å². The first-order valence-corrected chi connectivity index (χ1v) is 15.1. The number of amides is 1. The van der Waals surface area contributed by atoms with Gasteiger partial charge in [0.15, 0.2) is 21.3 Å². The van der Waals surface area contributed by atoms with Crippen LogP contribution in [0.5, 0.6) is 17.2 Å². The Morgan fingerprint density at radius 2 is 1.80 bits per heavy atom. The van der Waals surface area contributed by atoms with Crippen molar-refractivity contribution in [1.29, 1.82) is 0 Å². The van der Waals surface area contributed by atoms with Gasteiger partial charge in [-0.25, -0.2) is 13.9 Å². The van der Waals surface area contributed by atoms with Crippen LogP contribution < -0.4 is 19.7 Å². The van der Waals surface area contributed by atoms with Crippen LogP contribution in [-0.2, 0) is 21.1 Å². The second-order valence-corrected chi connectivity index (χ2v) is 12.2. The highest BCUT2D eigenvalue weighted by Gasteiger charge is 2.32. The van der Waals surface area contributed by atoms with Crippen LogP contribution in [0.25, 0.3) is 0 Å². The van der Waals surface area contributed by atoms with Crippen LogP contribution >= 0.6 is 0 Å². The normalized spacial score (nSPS) is 17.6. The van der Waals surface area contributed by atoms with Crippen molar-refractivity contribution in [2.24, 2.45) is 0 Å². The maximum atomic E-state index is 13.7.